The minimum Gasteiger partial charge on any atom is -0.397 e. The van der Waals surface area contributed by atoms with Crippen molar-refractivity contribution >= 4 is 18.3 Å². The fourth-order valence-electron chi connectivity index (χ4n) is 0.609. The number of nitrogen functional groups attached to an aromatic ring is 1. The summed E-state index contributed by atoms with van der Waals surface area (Å²) in [5.41, 5.74) is 6.81. The monoisotopic (exact) mass is 164 g/mol. The summed E-state index contributed by atoms with van der Waals surface area (Å²) in [6, 6.07) is 3.56. The summed E-state index contributed by atoms with van der Waals surface area (Å²) in [6.45, 7) is 0. The van der Waals surface area contributed by atoms with Gasteiger partial charge in [0.25, 0.3) is 0 Å². The van der Waals surface area contributed by atoms with E-state index in [1.54, 1.807) is 18.3 Å². The van der Waals surface area contributed by atoms with Crippen LogP contribution in [0.1, 0.15) is 5.69 Å². The number of hydrogen-bond donors (Lipinski definition) is 2. The predicted molar refractivity (Wildman–Crippen MR) is 49.4 cm³/mol. The highest BCUT2D eigenvalue weighted by atomic mass is 32.1. The van der Waals surface area contributed by atoms with Gasteiger partial charge in [0.2, 0.25) is 0 Å². The smallest absolute Gasteiger partial charge is 0.113 e. The molecular formula is C8H8N2S. The van der Waals surface area contributed by atoms with Gasteiger partial charge in [0, 0.05) is 0 Å². The normalized spacial score (nSPS) is 8.45. The quantitative estimate of drug-likeness (QED) is 0.442. The summed E-state index contributed by atoms with van der Waals surface area (Å²) < 4.78 is 0. The molecule has 0 spiro atoms. The van der Waals surface area contributed by atoms with Crippen LogP contribution in [-0.2, 0) is 0 Å². The minimum atomic E-state index is 0.548. The lowest BCUT2D eigenvalue weighted by atomic mass is 10.3. The Morgan fingerprint density at radius 2 is 2.36 bits per heavy atom. The summed E-state index contributed by atoms with van der Waals surface area (Å²) in [7, 11) is 0. The lowest BCUT2D eigenvalue weighted by Gasteiger charge is -1.89. The van der Waals surface area contributed by atoms with Gasteiger partial charge in [-0.25, -0.2) is 4.98 Å². The molecule has 0 radical (unpaired) electrons. The topological polar surface area (TPSA) is 38.9 Å². The summed E-state index contributed by atoms with van der Waals surface area (Å²) >= 11 is 3.95. The van der Waals surface area contributed by atoms with Gasteiger partial charge in [-0.15, -0.1) is 0 Å². The lowest BCUT2D eigenvalue weighted by Crippen LogP contribution is -1.87. The second-order valence-corrected chi connectivity index (χ2v) is 2.25. The first-order valence-electron chi connectivity index (χ1n) is 3.14. The fourth-order valence-corrected chi connectivity index (χ4v) is 0.688. The van der Waals surface area contributed by atoms with Crippen molar-refractivity contribution in [2.75, 3.05) is 11.5 Å². The zero-order chi connectivity index (χ0) is 8.10. The van der Waals surface area contributed by atoms with Gasteiger partial charge in [0.1, 0.15) is 5.69 Å². The number of thiol groups is 1. The van der Waals surface area contributed by atoms with E-state index in [1.807, 2.05) is 0 Å². The largest absolute Gasteiger partial charge is 0.397 e. The van der Waals surface area contributed by atoms with Gasteiger partial charge in [-0.05, 0) is 18.1 Å². The Bertz CT molecular complexity index is 281. The molecule has 0 aliphatic heterocycles. The van der Waals surface area contributed by atoms with Gasteiger partial charge in [-0.3, -0.25) is 0 Å². The van der Waals surface area contributed by atoms with Crippen molar-refractivity contribution in [3.8, 4) is 11.8 Å². The molecular weight excluding hydrogens is 156 g/mol. The predicted octanol–water partition coefficient (Wildman–Crippen LogP) is 0.945. The van der Waals surface area contributed by atoms with Crippen LogP contribution in [0.5, 0.6) is 0 Å². The first-order valence-corrected chi connectivity index (χ1v) is 3.77. The molecule has 1 aromatic heterocycles. The first-order chi connectivity index (χ1) is 5.33. The van der Waals surface area contributed by atoms with Crippen molar-refractivity contribution in [3.05, 3.63) is 24.0 Å². The van der Waals surface area contributed by atoms with Crippen molar-refractivity contribution < 1.29 is 0 Å². The maximum atomic E-state index is 5.43. The van der Waals surface area contributed by atoms with E-state index in [0.29, 0.717) is 11.4 Å². The van der Waals surface area contributed by atoms with Crippen LogP contribution in [0, 0.1) is 11.8 Å². The highest BCUT2D eigenvalue weighted by Crippen LogP contribution is 1.98. The molecule has 0 aromatic carbocycles. The molecule has 2 nitrogen and oxygen atoms in total. The highest BCUT2D eigenvalue weighted by molar-refractivity contribution is 7.80. The maximum Gasteiger partial charge on any atom is 0.113 e. The van der Waals surface area contributed by atoms with Crippen LogP contribution < -0.4 is 5.73 Å². The van der Waals surface area contributed by atoms with E-state index in [9.17, 15) is 0 Å². The third kappa shape index (κ3) is 2.52. The summed E-state index contributed by atoms with van der Waals surface area (Å²) in [6.07, 6.45) is 1.59. The Morgan fingerprint density at radius 3 is 2.91 bits per heavy atom. The molecule has 0 saturated carbocycles. The maximum absolute atomic E-state index is 5.43. The highest BCUT2D eigenvalue weighted by Gasteiger charge is 1.85. The van der Waals surface area contributed by atoms with Crippen molar-refractivity contribution in [1.29, 1.82) is 0 Å². The molecule has 0 unspecified atom stereocenters. The van der Waals surface area contributed by atoms with E-state index in [1.165, 1.54) is 0 Å². The van der Waals surface area contributed by atoms with Crippen molar-refractivity contribution in [2.45, 2.75) is 0 Å². The van der Waals surface area contributed by atoms with Crippen LogP contribution >= 0.6 is 12.6 Å². The van der Waals surface area contributed by atoms with Crippen LogP contribution in [-0.4, -0.2) is 10.7 Å². The van der Waals surface area contributed by atoms with E-state index in [-0.39, 0.29) is 0 Å². The Morgan fingerprint density at radius 1 is 1.55 bits per heavy atom. The third-order valence-electron chi connectivity index (χ3n) is 1.08. The number of aromatic nitrogens is 1. The molecule has 2 N–H and O–H groups in total. The number of nitrogens with zero attached hydrogens (tertiary/aromatic N) is 1. The van der Waals surface area contributed by atoms with Crippen LogP contribution in [0.4, 0.5) is 5.69 Å². The molecule has 0 aliphatic rings. The SMILES string of the molecule is Nc1ccc(C#CCS)nc1. The average molecular weight is 164 g/mol. The number of nitrogens with two attached hydrogens (primary N) is 1. The Kier molecular flexibility index (Phi) is 2.82. The Balaban J connectivity index is 2.82. The van der Waals surface area contributed by atoms with Crippen molar-refractivity contribution in [1.82, 2.24) is 4.98 Å². The Labute approximate surface area is 71.2 Å². The van der Waals surface area contributed by atoms with Gasteiger partial charge in [0.05, 0.1) is 17.6 Å². The fraction of sp³-hybridized carbons (Fsp3) is 0.125. The zero-order valence-corrected chi connectivity index (χ0v) is 6.81. The van der Waals surface area contributed by atoms with Crippen LogP contribution in [0.15, 0.2) is 18.3 Å². The molecule has 1 heterocycles. The molecule has 11 heavy (non-hydrogen) atoms. The molecule has 1 rings (SSSR count). The summed E-state index contributed by atoms with van der Waals surface area (Å²) in [5.74, 6) is 6.17. The van der Waals surface area contributed by atoms with Crippen LogP contribution in [0.3, 0.4) is 0 Å². The van der Waals surface area contributed by atoms with E-state index in [2.05, 4.69) is 29.5 Å². The standard InChI is InChI=1S/C8H8N2S/c9-7-3-4-8(10-6-7)2-1-5-11/h3-4,6,11H,5,9H2. The number of pyridine rings is 1. The number of rotatable bonds is 0. The number of hydrogen-bond acceptors (Lipinski definition) is 3. The van der Waals surface area contributed by atoms with Crippen LogP contribution in [0.2, 0.25) is 0 Å². The molecule has 1 aromatic rings. The first kappa shape index (κ1) is 7.96. The third-order valence-corrected chi connectivity index (χ3v) is 1.24. The second-order valence-electron chi connectivity index (χ2n) is 1.94. The van der Waals surface area contributed by atoms with Crippen molar-refractivity contribution in [3.63, 3.8) is 0 Å². The van der Waals surface area contributed by atoms with E-state index in [0.717, 1.165) is 5.69 Å². The molecule has 0 atom stereocenters. The molecule has 0 fully saturated rings. The van der Waals surface area contributed by atoms with Gasteiger partial charge in [-0.2, -0.15) is 12.6 Å². The van der Waals surface area contributed by atoms with Crippen LogP contribution in [0.25, 0.3) is 0 Å². The molecule has 0 aliphatic carbocycles. The number of anilines is 1. The Hall–Kier alpha value is -1.14. The molecule has 0 bridgehead atoms. The molecule has 0 saturated heterocycles. The average Bonchev–Trinajstić information content (AvgIpc) is 2.04. The molecule has 0 amide bonds. The van der Waals surface area contributed by atoms with Crippen molar-refractivity contribution in [2.24, 2.45) is 0 Å². The van der Waals surface area contributed by atoms with Gasteiger partial charge >= 0.3 is 0 Å². The van der Waals surface area contributed by atoms with E-state index in [4.69, 9.17) is 5.73 Å². The zero-order valence-electron chi connectivity index (χ0n) is 5.91. The molecule has 56 valence electrons. The van der Waals surface area contributed by atoms with E-state index < -0.39 is 0 Å². The van der Waals surface area contributed by atoms with Gasteiger partial charge in [-0.1, -0.05) is 5.92 Å². The van der Waals surface area contributed by atoms with Gasteiger partial charge < -0.3 is 5.73 Å². The molecule has 3 heteroatoms. The van der Waals surface area contributed by atoms with Gasteiger partial charge in [0.15, 0.2) is 0 Å². The van der Waals surface area contributed by atoms with E-state index >= 15 is 0 Å². The lowest BCUT2D eigenvalue weighted by molar-refractivity contribution is 1.29. The minimum absolute atomic E-state index is 0.548. The second kappa shape index (κ2) is 3.89. The summed E-state index contributed by atoms with van der Waals surface area (Å²) in [4.78, 5) is 3.98. The summed E-state index contributed by atoms with van der Waals surface area (Å²) in [5, 5.41) is 0.